The maximum atomic E-state index is 14.1. The molecule has 0 bridgehead atoms. The van der Waals surface area contributed by atoms with Gasteiger partial charge in [0.25, 0.3) is 11.8 Å². The average molecular weight is 643 g/mol. The number of fused-ring (bicyclic) bond motifs is 2. The van der Waals surface area contributed by atoms with Gasteiger partial charge in [-0.05, 0) is 77.9 Å². The summed E-state index contributed by atoms with van der Waals surface area (Å²) >= 11 is 0. The summed E-state index contributed by atoms with van der Waals surface area (Å²) in [6.07, 6.45) is -1.98. The highest BCUT2D eigenvalue weighted by Gasteiger charge is 2.29. The van der Waals surface area contributed by atoms with Gasteiger partial charge in [-0.15, -0.1) is 0 Å². The lowest BCUT2D eigenvalue weighted by molar-refractivity contribution is 0.0238. The number of aromatic nitrogens is 2. The monoisotopic (exact) mass is 642 g/mol. The topological polar surface area (TPSA) is 206 Å². The van der Waals surface area contributed by atoms with Gasteiger partial charge in [0.2, 0.25) is 11.1 Å². The number of carbonyl (C=O) groups excluding carboxylic acids is 4. The molecule has 4 aromatic rings. The summed E-state index contributed by atoms with van der Waals surface area (Å²) in [7, 11) is 0. The number of hydrazine groups is 2. The molecule has 2 aromatic carbocycles. The molecule has 0 aliphatic heterocycles. The van der Waals surface area contributed by atoms with Gasteiger partial charge in [-0.3, -0.25) is 24.6 Å². The summed E-state index contributed by atoms with van der Waals surface area (Å²) in [5.41, 5.74) is 1.51. The Hall–Kier alpha value is -5.64. The first-order valence-corrected chi connectivity index (χ1v) is 13.5. The van der Waals surface area contributed by atoms with Crippen LogP contribution in [0.25, 0.3) is 21.8 Å². The average Bonchev–Trinajstić information content (AvgIpc) is 2.93. The Morgan fingerprint density at radius 1 is 0.761 bits per heavy atom. The highest BCUT2D eigenvalue weighted by molar-refractivity contribution is 6.10. The van der Waals surface area contributed by atoms with Gasteiger partial charge in [0.05, 0.1) is 11.1 Å². The molecule has 0 radical (unpaired) electrons. The number of pyridine rings is 2. The number of H-pyrrole nitrogens is 2. The van der Waals surface area contributed by atoms with E-state index in [0.29, 0.717) is 10.9 Å². The van der Waals surface area contributed by atoms with E-state index in [4.69, 9.17) is 15.3 Å². The number of nitrogens with one attached hydrogen (secondary N) is 4. The molecule has 0 spiro atoms. The van der Waals surface area contributed by atoms with Gasteiger partial charge < -0.3 is 19.4 Å². The fourth-order valence-electron chi connectivity index (χ4n) is 3.77. The number of ether oxygens (including phenoxy) is 2. The van der Waals surface area contributed by atoms with E-state index in [1.165, 1.54) is 30.3 Å². The predicted octanol–water partition coefficient (Wildman–Crippen LogP) is 3.75. The van der Waals surface area contributed by atoms with Crippen molar-refractivity contribution in [2.24, 2.45) is 5.84 Å². The number of benzene rings is 2. The SMILES string of the molecule is CC(C)(C)OC(=O)N(N)C(=O)c1c(F)ccc2[nH]c(=O)ccc12.CC(C)(C)OC(=O)NNC(=O)c1cc2[nH]c(=O)ccc2cc1F. The van der Waals surface area contributed by atoms with Gasteiger partial charge in [-0.2, -0.15) is 5.01 Å². The largest absolute Gasteiger partial charge is 0.443 e. The molecule has 4 rings (SSSR count). The minimum atomic E-state index is -1.11. The van der Waals surface area contributed by atoms with Crippen molar-refractivity contribution in [2.45, 2.75) is 52.7 Å². The molecular formula is C30H32F2N6O8. The number of hydrogen-bond acceptors (Lipinski definition) is 9. The second kappa shape index (κ2) is 13.6. The van der Waals surface area contributed by atoms with E-state index >= 15 is 0 Å². The Labute approximate surface area is 259 Å². The van der Waals surface area contributed by atoms with Gasteiger partial charge >= 0.3 is 12.2 Å². The molecule has 0 unspecified atom stereocenters. The zero-order chi connectivity index (χ0) is 34.6. The van der Waals surface area contributed by atoms with E-state index in [9.17, 15) is 37.5 Å². The van der Waals surface area contributed by atoms with Gasteiger partial charge in [0.1, 0.15) is 22.8 Å². The predicted molar refractivity (Wildman–Crippen MR) is 162 cm³/mol. The molecule has 0 atom stereocenters. The Kier molecular flexibility index (Phi) is 10.3. The third-order valence-electron chi connectivity index (χ3n) is 5.61. The van der Waals surface area contributed by atoms with Crippen LogP contribution in [-0.4, -0.2) is 50.2 Å². The van der Waals surface area contributed by atoms with Gasteiger partial charge in [0.15, 0.2) is 0 Å². The van der Waals surface area contributed by atoms with E-state index < -0.39 is 58.0 Å². The van der Waals surface area contributed by atoms with E-state index in [0.717, 1.165) is 18.2 Å². The molecule has 244 valence electrons. The molecule has 46 heavy (non-hydrogen) atoms. The van der Waals surface area contributed by atoms with Crippen molar-refractivity contribution in [3.05, 3.63) is 92.0 Å². The van der Waals surface area contributed by atoms with Crippen LogP contribution in [0, 0.1) is 11.6 Å². The quantitative estimate of drug-likeness (QED) is 0.122. The van der Waals surface area contributed by atoms with Crippen molar-refractivity contribution in [3.8, 4) is 0 Å². The normalized spacial score (nSPS) is 11.2. The molecule has 2 aromatic heterocycles. The third kappa shape index (κ3) is 9.18. The van der Waals surface area contributed by atoms with E-state index in [2.05, 4.69) is 9.97 Å². The van der Waals surface area contributed by atoms with Crippen LogP contribution in [0.1, 0.15) is 62.3 Å². The number of rotatable bonds is 2. The lowest BCUT2D eigenvalue weighted by atomic mass is 10.1. The third-order valence-corrected chi connectivity index (χ3v) is 5.61. The second-order valence-corrected chi connectivity index (χ2v) is 11.7. The number of imide groups is 1. The minimum absolute atomic E-state index is 0.133. The summed E-state index contributed by atoms with van der Waals surface area (Å²) < 4.78 is 38.0. The van der Waals surface area contributed by atoms with Crippen molar-refractivity contribution in [1.82, 2.24) is 25.8 Å². The van der Waals surface area contributed by atoms with Crippen molar-refractivity contribution in [3.63, 3.8) is 0 Å². The maximum absolute atomic E-state index is 14.1. The summed E-state index contributed by atoms with van der Waals surface area (Å²) in [4.78, 5) is 75.2. The molecule has 0 saturated heterocycles. The van der Waals surface area contributed by atoms with Crippen molar-refractivity contribution in [2.75, 3.05) is 0 Å². The summed E-state index contributed by atoms with van der Waals surface area (Å²) in [6.45, 7) is 9.79. The minimum Gasteiger partial charge on any atom is -0.443 e. The number of amides is 4. The fraction of sp³-hybridized carbons (Fsp3) is 0.267. The molecule has 0 aliphatic carbocycles. The molecule has 6 N–H and O–H groups in total. The molecule has 0 saturated carbocycles. The van der Waals surface area contributed by atoms with Crippen LogP contribution >= 0.6 is 0 Å². The Morgan fingerprint density at radius 2 is 1.35 bits per heavy atom. The second-order valence-electron chi connectivity index (χ2n) is 11.7. The van der Waals surface area contributed by atoms with Gasteiger partial charge in [-0.25, -0.2) is 29.6 Å². The Balaban J connectivity index is 0.000000250. The zero-order valence-corrected chi connectivity index (χ0v) is 25.7. The molecule has 0 aliphatic rings. The number of carbonyl (C=O) groups is 4. The fourth-order valence-corrected chi connectivity index (χ4v) is 3.77. The van der Waals surface area contributed by atoms with E-state index in [1.807, 2.05) is 10.9 Å². The molecule has 0 fully saturated rings. The Bertz CT molecular complexity index is 1940. The molecule has 14 nitrogen and oxygen atoms in total. The van der Waals surface area contributed by atoms with Crippen LogP contribution in [0.2, 0.25) is 0 Å². The van der Waals surface area contributed by atoms with Crippen LogP contribution in [-0.2, 0) is 9.47 Å². The first-order valence-electron chi connectivity index (χ1n) is 13.5. The van der Waals surface area contributed by atoms with Gasteiger partial charge in [-0.1, -0.05) is 0 Å². The van der Waals surface area contributed by atoms with E-state index in [1.54, 1.807) is 41.5 Å². The van der Waals surface area contributed by atoms with Crippen LogP contribution in [0.4, 0.5) is 18.4 Å². The molecule has 2 heterocycles. The van der Waals surface area contributed by atoms with Crippen LogP contribution < -0.4 is 27.8 Å². The maximum Gasteiger partial charge on any atom is 0.432 e. The first kappa shape index (κ1) is 34.8. The lowest BCUT2D eigenvalue weighted by Gasteiger charge is -2.23. The van der Waals surface area contributed by atoms with Crippen LogP contribution in [0.3, 0.4) is 0 Å². The smallest absolute Gasteiger partial charge is 0.432 e. The molecule has 4 amide bonds. The molecule has 16 heteroatoms. The Morgan fingerprint density at radius 3 is 1.96 bits per heavy atom. The number of hydrogen-bond donors (Lipinski definition) is 5. The summed E-state index contributed by atoms with van der Waals surface area (Å²) in [5.74, 6) is 1.86. The van der Waals surface area contributed by atoms with Crippen LogP contribution in [0.5, 0.6) is 0 Å². The highest BCUT2D eigenvalue weighted by Crippen LogP contribution is 2.21. The van der Waals surface area contributed by atoms with Crippen molar-refractivity contribution >= 4 is 45.8 Å². The standard InChI is InChI=1S/2C15H16FN3O4/c1-15(2,3)23-14(22)19(17)13(21)12-8-4-7-11(20)18-10(8)6-5-9(12)16;1-15(2,3)23-14(22)19-18-13(21)9-7-11-8(6-10(9)16)4-5-12(20)17-11/h4-7H,17H2,1-3H3,(H,18,20);4-7H,1-3H3,(H,17,20)(H,18,21)(H,19,22). The van der Waals surface area contributed by atoms with Crippen molar-refractivity contribution < 1.29 is 37.4 Å². The summed E-state index contributed by atoms with van der Waals surface area (Å²) in [6, 6.07) is 9.77. The van der Waals surface area contributed by atoms with Crippen molar-refractivity contribution in [1.29, 1.82) is 0 Å². The number of aromatic amines is 2. The number of nitrogens with zero attached hydrogens (tertiary/aromatic N) is 1. The zero-order valence-electron chi connectivity index (χ0n) is 25.7. The lowest BCUT2D eigenvalue weighted by Crippen LogP contribution is -2.45. The first-order chi connectivity index (χ1) is 21.3. The summed E-state index contributed by atoms with van der Waals surface area (Å²) in [5, 5.41) is 0.779. The highest BCUT2D eigenvalue weighted by atomic mass is 19.1. The number of halogens is 2. The van der Waals surface area contributed by atoms with Crippen LogP contribution in [0.15, 0.2) is 58.1 Å². The molecular weight excluding hydrogens is 610 g/mol. The van der Waals surface area contributed by atoms with Gasteiger partial charge in [0, 0.05) is 33.9 Å². The number of nitrogens with two attached hydrogens (primary N) is 1. The van der Waals surface area contributed by atoms with E-state index in [-0.39, 0.29) is 27.0 Å².